The van der Waals surface area contributed by atoms with Crippen LogP contribution in [0.1, 0.15) is 22.8 Å². The maximum atomic E-state index is 12.0. The van der Waals surface area contributed by atoms with E-state index in [1.54, 1.807) is 24.3 Å². The molecule has 0 fully saturated rings. The van der Waals surface area contributed by atoms with Gasteiger partial charge in [0.1, 0.15) is 0 Å². The predicted octanol–water partition coefficient (Wildman–Crippen LogP) is 1.56. The van der Waals surface area contributed by atoms with Gasteiger partial charge in [0, 0.05) is 5.56 Å². The minimum absolute atomic E-state index is 0.334. The molecule has 1 aromatic carbocycles. The zero-order valence-electron chi connectivity index (χ0n) is 10.0. The van der Waals surface area contributed by atoms with Crippen LogP contribution in [-0.4, -0.2) is 24.6 Å². The SMILES string of the molecule is COC(=O)C(C(C)=O)C(=O)c1ccc(C)cc1. The van der Waals surface area contributed by atoms with Gasteiger partial charge in [0.15, 0.2) is 17.5 Å². The molecule has 90 valence electrons. The summed E-state index contributed by atoms with van der Waals surface area (Å²) in [5.41, 5.74) is 1.33. The first-order valence-corrected chi connectivity index (χ1v) is 5.16. The number of ether oxygens (including phenoxy) is 1. The maximum Gasteiger partial charge on any atom is 0.324 e. The summed E-state index contributed by atoms with van der Waals surface area (Å²) in [5, 5.41) is 0. The fourth-order valence-corrected chi connectivity index (χ4v) is 1.46. The first-order chi connectivity index (χ1) is 7.97. The number of hydrogen-bond donors (Lipinski definition) is 0. The van der Waals surface area contributed by atoms with Crippen molar-refractivity contribution < 1.29 is 19.1 Å². The van der Waals surface area contributed by atoms with Crippen molar-refractivity contribution in [3.63, 3.8) is 0 Å². The van der Waals surface area contributed by atoms with Crippen molar-refractivity contribution in [2.45, 2.75) is 13.8 Å². The van der Waals surface area contributed by atoms with Crippen LogP contribution in [0.25, 0.3) is 0 Å². The average molecular weight is 234 g/mol. The summed E-state index contributed by atoms with van der Waals surface area (Å²) in [4.78, 5) is 34.7. The number of hydrogen-bond acceptors (Lipinski definition) is 4. The first kappa shape index (κ1) is 13.1. The van der Waals surface area contributed by atoms with E-state index in [9.17, 15) is 14.4 Å². The predicted molar refractivity (Wildman–Crippen MR) is 61.7 cm³/mol. The molecule has 0 saturated heterocycles. The van der Waals surface area contributed by atoms with E-state index in [0.717, 1.165) is 12.7 Å². The van der Waals surface area contributed by atoms with Crippen molar-refractivity contribution in [3.05, 3.63) is 35.4 Å². The Morgan fingerprint density at radius 1 is 1.12 bits per heavy atom. The zero-order chi connectivity index (χ0) is 13.0. The van der Waals surface area contributed by atoms with Gasteiger partial charge in [0.2, 0.25) is 0 Å². The van der Waals surface area contributed by atoms with Crippen LogP contribution < -0.4 is 0 Å². The smallest absolute Gasteiger partial charge is 0.324 e. The molecule has 0 N–H and O–H groups in total. The van der Waals surface area contributed by atoms with E-state index >= 15 is 0 Å². The van der Waals surface area contributed by atoms with Crippen molar-refractivity contribution in [1.29, 1.82) is 0 Å². The number of carbonyl (C=O) groups excluding carboxylic acids is 3. The van der Waals surface area contributed by atoms with Crippen molar-refractivity contribution >= 4 is 17.5 Å². The molecular weight excluding hydrogens is 220 g/mol. The molecule has 4 heteroatoms. The Labute approximate surface area is 99.6 Å². The van der Waals surface area contributed by atoms with Crippen LogP contribution >= 0.6 is 0 Å². The fraction of sp³-hybridized carbons (Fsp3) is 0.308. The maximum absolute atomic E-state index is 12.0. The zero-order valence-corrected chi connectivity index (χ0v) is 10.0. The number of Topliss-reactive ketones (excluding diaryl/α,β-unsaturated/α-hetero) is 2. The minimum Gasteiger partial charge on any atom is -0.468 e. The van der Waals surface area contributed by atoms with Crippen LogP contribution in [0.4, 0.5) is 0 Å². The minimum atomic E-state index is -1.36. The molecule has 0 heterocycles. The van der Waals surface area contributed by atoms with Crippen LogP contribution in [0.15, 0.2) is 24.3 Å². The van der Waals surface area contributed by atoms with Gasteiger partial charge in [0.25, 0.3) is 0 Å². The molecule has 1 rings (SSSR count). The summed E-state index contributed by atoms with van der Waals surface area (Å²) in [5.74, 6) is -3.21. The second-order valence-electron chi connectivity index (χ2n) is 3.80. The van der Waals surface area contributed by atoms with Crippen molar-refractivity contribution in [3.8, 4) is 0 Å². The summed E-state index contributed by atoms with van der Waals surface area (Å²) in [6.45, 7) is 3.09. The van der Waals surface area contributed by atoms with Gasteiger partial charge >= 0.3 is 5.97 Å². The van der Waals surface area contributed by atoms with E-state index in [4.69, 9.17) is 0 Å². The third kappa shape index (κ3) is 3.00. The lowest BCUT2D eigenvalue weighted by Gasteiger charge is -2.10. The van der Waals surface area contributed by atoms with Crippen molar-refractivity contribution in [1.82, 2.24) is 0 Å². The number of esters is 1. The van der Waals surface area contributed by atoms with E-state index in [2.05, 4.69) is 4.74 Å². The molecule has 0 saturated carbocycles. The summed E-state index contributed by atoms with van der Waals surface area (Å²) in [6.07, 6.45) is 0. The third-order valence-electron chi connectivity index (χ3n) is 2.44. The molecule has 0 amide bonds. The molecular formula is C13H14O4. The number of ketones is 2. The van der Waals surface area contributed by atoms with Crippen LogP contribution in [0.3, 0.4) is 0 Å². The lowest BCUT2D eigenvalue weighted by molar-refractivity contribution is -0.146. The lowest BCUT2D eigenvalue weighted by Crippen LogP contribution is -2.31. The van der Waals surface area contributed by atoms with E-state index in [1.807, 2.05) is 6.92 Å². The van der Waals surface area contributed by atoms with Gasteiger partial charge in [-0.15, -0.1) is 0 Å². The fourth-order valence-electron chi connectivity index (χ4n) is 1.46. The summed E-state index contributed by atoms with van der Waals surface area (Å²) >= 11 is 0. The topological polar surface area (TPSA) is 60.4 Å². The molecule has 17 heavy (non-hydrogen) atoms. The van der Waals surface area contributed by atoms with E-state index in [-0.39, 0.29) is 0 Å². The molecule has 0 aliphatic heterocycles. The Balaban J connectivity index is 3.04. The number of benzene rings is 1. The van der Waals surface area contributed by atoms with Crippen LogP contribution in [0.2, 0.25) is 0 Å². The standard InChI is InChI=1S/C13H14O4/c1-8-4-6-10(7-5-8)12(15)11(9(2)14)13(16)17-3/h4-7,11H,1-3H3. The first-order valence-electron chi connectivity index (χ1n) is 5.16. The van der Waals surface area contributed by atoms with E-state index in [0.29, 0.717) is 5.56 Å². The normalized spacial score (nSPS) is 11.7. The van der Waals surface area contributed by atoms with E-state index in [1.165, 1.54) is 6.92 Å². The highest BCUT2D eigenvalue weighted by Gasteiger charge is 2.32. The molecule has 0 aliphatic rings. The average Bonchev–Trinajstić information content (AvgIpc) is 2.29. The van der Waals surface area contributed by atoms with Gasteiger partial charge < -0.3 is 4.74 Å². The number of aryl methyl sites for hydroxylation is 1. The molecule has 1 unspecified atom stereocenters. The number of methoxy groups -OCH3 is 1. The van der Waals surface area contributed by atoms with E-state index < -0.39 is 23.5 Å². The molecule has 0 aromatic heterocycles. The highest BCUT2D eigenvalue weighted by molar-refractivity contribution is 6.21. The van der Waals surface area contributed by atoms with Crippen LogP contribution in [0.5, 0.6) is 0 Å². The van der Waals surface area contributed by atoms with Gasteiger partial charge in [-0.25, -0.2) is 0 Å². The van der Waals surface area contributed by atoms with Gasteiger partial charge in [-0.05, 0) is 13.8 Å². The molecule has 0 bridgehead atoms. The number of rotatable bonds is 4. The van der Waals surface area contributed by atoms with Gasteiger partial charge in [-0.1, -0.05) is 29.8 Å². The van der Waals surface area contributed by atoms with Crippen LogP contribution in [0, 0.1) is 12.8 Å². The Hall–Kier alpha value is -1.97. The summed E-state index contributed by atoms with van der Waals surface area (Å²) in [7, 11) is 1.15. The van der Waals surface area contributed by atoms with Gasteiger partial charge in [0.05, 0.1) is 7.11 Å². The Morgan fingerprint density at radius 2 is 1.65 bits per heavy atom. The van der Waals surface area contributed by atoms with Crippen molar-refractivity contribution in [2.24, 2.45) is 5.92 Å². The second kappa shape index (κ2) is 5.39. The molecule has 0 aliphatic carbocycles. The highest BCUT2D eigenvalue weighted by Crippen LogP contribution is 2.13. The molecule has 4 nitrogen and oxygen atoms in total. The van der Waals surface area contributed by atoms with Gasteiger partial charge in [-0.3, -0.25) is 14.4 Å². The molecule has 0 radical (unpaired) electrons. The second-order valence-corrected chi connectivity index (χ2v) is 3.80. The number of carbonyl (C=O) groups is 3. The Bertz CT molecular complexity index is 445. The Morgan fingerprint density at radius 3 is 2.06 bits per heavy atom. The van der Waals surface area contributed by atoms with Crippen LogP contribution in [-0.2, 0) is 14.3 Å². The highest BCUT2D eigenvalue weighted by atomic mass is 16.5. The molecule has 1 atom stereocenters. The quantitative estimate of drug-likeness (QED) is 0.450. The monoisotopic (exact) mass is 234 g/mol. The summed E-state index contributed by atoms with van der Waals surface area (Å²) < 4.78 is 4.46. The largest absolute Gasteiger partial charge is 0.468 e. The van der Waals surface area contributed by atoms with Gasteiger partial charge in [-0.2, -0.15) is 0 Å². The summed E-state index contributed by atoms with van der Waals surface area (Å²) in [6, 6.07) is 6.69. The molecule has 1 aromatic rings. The lowest BCUT2D eigenvalue weighted by atomic mass is 9.94. The molecule has 0 spiro atoms. The Kier molecular flexibility index (Phi) is 4.15. The third-order valence-corrected chi connectivity index (χ3v) is 2.44. The van der Waals surface area contributed by atoms with Crippen molar-refractivity contribution in [2.75, 3.05) is 7.11 Å².